The molecule has 0 aliphatic carbocycles. The molecular formula is C49H80O6. The highest BCUT2D eigenvalue weighted by molar-refractivity contribution is 5.72. The van der Waals surface area contributed by atoms with Gasteiger partial charge in [-0.2, -0.15) is 0 Å². The van der Waals surface area contributed by atoms with E-state index in [1.807, 2.05) is 6.08 Å². The number of hydrogen-bond donors (Lipinski definition) is 0. The van der Waals surface area contributed by atoms with Gasteiger partial charge in [-0.25, -0.2) is 0 Å². The van der Waals surface area contributed by atoms with Crippen molar-refractivity contribution in [2.24, 2.45) is 0 Å². The summed E-state index contributed by atoms with van der Waals surface area (Å²) in [4.78, 5) is 37.5. The zero-order valence-corrected chi connectivity index (χ0v) is 35.4. The van der Waals surface area contributed by atoms with Crippen LogP contribution in [0.15, 0.2) is 85.1 Å². The van der Waals surface area contributed by atoms with Gasteiger partial charge in [0, 0.05) is 12.8 Å². The van der Waals surface area contributed by atoms with Gasteiger partial charge in [0.15, 0.2) is 6.10 Å². The van der Waals surface area contributed by atoms with E-state index in [0.29, 0.717) is 12.8 Å². The third-order valence-electron chi connectivity index (χ3n) is 8.90. The number of hydrogen-bond acceptors (Lipinski definition) is 6. The highest BCUT2D eigenvalue weighted by atomic mass is 16.6. The summed E-state index contributed by atoms with van der Waals surface area (Å²) < 4.78 is 16.5. The molecule has 55 heavy (non-hydrogen) atoms. The first-order valence-electron chi connectivity index (χ1n) is 22.1. The molecule has 0 rings (SSSR count). The van der Waals surface area contributed by atoms with Gasteiger partial charge in [0.1, 0.15) is 13.2 Å². The first-order valence-corrected chi connectivity index (χ1v) is 22.1. The van der Waals surface area contributed by atoms with Gasteiger partial charge in [0.25, 0.3) is 0 Å². The number of rotatable bonds is 38. The van der Waals surface area contributed by atoms with Crippen LogP contribution in [0.2, 0.25) is 0 Å². The van der Waals surface area contributed by atoms with E-state index in [2.05, 4.69) is 93.7 Å². The molecule has 0 aromatic carbocycles. The highest BCUT2D eigenvalue weighted by Crippen LogP contribution is 2.12. The van der Waals surface area contributed by atoms with E-state index >= 15 is 0 Å². The van der Waals surface area contributed by atoms with E-state index in [4.69, 9.17) is 14.2 Å². The van der Waals surface area contributed by atoms with Crippen molar-refractivity contribution in [3.63, 3.8) is 0 Å². The van der Waals surface area contributed by atoms with E-state index in [0.717, 1.165) is 64.2 Å². The fourth-order valence-corrected chi connectivity index (χ4v) is 5.64. The average molecular weight is 765 g/mol. The minimum Gasteiger partial charge on any atom is -0.462 e. The minimum absolute atomic E-state index is 0.122. The average Bonchev–Trinajstić information content (AvgIpc) is 3.18. The van der Waals surface area contributed by atoms with Gasteiger partial charge in [-0.1, -0.05) is 170 Å². The third-order valence-corrected chi connectivity index (χ3v) is 8.90. The van der Waals surface area contributed by atoms with E-state index < -0.39 is 18.0 Å². The summed E-state index contributed by atoms with van der Waals surface area (Å²) >= 11 is 0. The molecule has 0 saturated carbocycles. The van der Waals surface area contributed by atoms with Crippen molar-refractivity contribution in [2.75, 3.05) is 13.2 Å². The van der Waals surface area contributed by atoms with Crippen LogP contribution < -0.4 is 0 Å². The van der Waals surface area contributed by atoms with Crippen LogP contribution in [-0.4, -0.2) is 37.2 Å². The summed E-state index contributed by atoms with van der Waals surface area (Å²) in [7, 11) is 0. The molecule has 6 heteroatoms. The van der Waals surface area contributed by atoms with Crippen LogP contribution in [0.3, 0.4) is 0 Å². The summed E-state index contributed by atoms with van der Waals surface area (Å²) in [6, 6.07) is 0. The van der Waals surface area contributed by atoms with Crippen LogP contribution in [-0.2, 0) is 28.6 Å². The first kappa shape index (κ1) is 51.6. The van der Waals surface area contributed by atoms with Gasteiger partial charge in [-0.15, -0.1) is 0 Å². The Hall–Kier alpha value is -3.41. The van der Waals surface area contributed by atoms with Crippen LogP contribution in [0.4, 0.5) is 0 Å². The number of carbonyl (C=O) groups excluding carboxylic acids is 3. The van der Waals surface area contributed by atoms with Gasteiger partial charge in [0.05, 0.1) is 6.42 Å². The number of ether oxygens (including phenoxy) is 3. The van der Waals surface area contributed by atoms with Crippen molar-refractivity contribution in [3.05, 3.63) is 85.1 Å². The summed E-state index contributed by atoms with van der Waals surface area (Å²) in [5.41, 5.74) is 0. The van der Waals surface area contributed by atoms with Crippen molar-refractivity contribution in [3.8, 4) is 0 Å². The lowest BCUT2D eigenvalue weighted by Gasteiger charge is -2.18. The second-order valence-electron chi connectivity index (χ2n) is 14.2. The van der Waals surface area contributed by atoms with Gasteiger partial charge in [0.2, 0.25) is 0 Å². The van der Waals surface area contributed by atoms with Crippen LogP contribution in [0, 0.1) is 0 Å². The van der Waals surface area contributed by atoms with Gasteiger partial charge >= 0.3 is 17.9 Å². The fraction of sp³-hybridized carbons (Fsp3) is 0.653. The highest BCUT2D eigenvalue weighted by Gasteiger charge is 2.19. The maximum Gasteiger partial charge on any atom is 0.309 e. The molecule has 0 heterocycles. The Bertz CT molecular complexity index is 1110. The second-order valence-corrected chi connectivity index (χ2v) is 14.2. The summed E-state index contributed by atoms with van der Waals surface area (Å²) in [6.45, 7) is 6.22. The largest absolute Gasteiger partial charge is 0.462 e. The van der Waals surface area contributed by atoms with E-state index in [-0.39, 0.29) is 32.0 Å². The van der Waals surface area contributed by atoms with Crippen molar-refractivity contribution < 1.29 is 28.6 Å². The zero-order valence-electron chi connectivity index (χ0n) is 35.4. The van der Waals surface area contributed by atoms with Crippen molar-refractivity contribution in [1.29, 1.82) is 0 Å². The SMILES string of the molecule is CC/C=C\C/C=C\C/C=C\CCCC(=O)OC(COC(=O)C/C=C\C/C=C\C/C=C\CC)COC(=O)CCCCCCCCC/C=C\CCCCCCCC. The van der Waals surface area contributed by atoms with Crippen LogP contribution in [0.25, 0.3) is 0 Å². The number of allylic oxidation sites excluding steroid dienone is 13. The molecule has 0 N–H and O–H groups in total. The summed E-state index contributed by atoms with van der Waals surface area (Å²) in [5, 5.41) is 0. The standard InChI is InChI=1S/C49H80O6/c1-4-7-10-13-16-19-21-22-23-24-25-26-28-30-33-36-39-42-48(51)54-45-46(44-53-47(50)41-38-35-32-29-18-15-12-9-6-3)55-49(52)43-40-37-34-31-27-20-17-14-11-8-5-2/h8-9,11-12,17-18,20,22-23,29,31,34-35,38,46H,4-7,10,13-16,19,21,24-28,30,32-33,36-37,39-45H2,1-3H3/b11-8-,12-9-,20-17-,23-22-,29-18-,34-31-,38-35-. The van der Waals surface area contributed by atoms with Gasteiger partial charge in [-0.05, 0) is 83.5 Å². The predicted molar refractivity (Wildman–Crippen MR) is 233 cm³/mol. The third kappa shape index (κ3) is 41.6. The number of unbranched alkanes of at least 4 members (excludes halogenated alkanes) is 14. The number of esters is 3. The summed E-state index contributed by atoms with van der Waals surface area (Å²) in [5.74, 6) is -1.13. The molecule has 0 aliphatic rings. The lowest BCUT2D eigenvalue weighted by molar-refractivity contribution is -0.166. The molecule has 1 unspecified atom stereocenters. The minimum atomic E-state index is -0.837. The van der Waals surface area contributed by atoms with Crippen LogP contribution in [0.1, 0.15) is 188 Å². The van der Waals surface area contributed by atoms with Gasteiger partial charge < -0.3 is 14.2 Å². The lowest BCUT2D eigenvalue weighted by Crippen LogP contribution is -2.30. The second kappa shape index (κ2) is 43.3. The molecule has 0 bridgehead atoms. The molecule has 0 aliphatic heterocycles. The normalized spacial score (nSPS) is 12.9. The monoisotopic (exact) mass is 765 g/mol. The first-order chi connectivity index (χ1) is 27.0. The van der Waals surface area contributed by atoms with E-state index in [1.54, 1.807) is 6.08 Å². The molecule has 0 saturated heterocycles. The Morgan fingerprint density at radius 1 is 0.400 bits per heavy atom. The van der Waals surface area contributed by atoms with E-state index in [9.17, 15) is 14.4 Å². The maximum atomic E-state index is 12.6. The Labute approximate surface area is 337 Å². The smallest absolute Gasteiger partial charge is 0.309 e. The molecular weight excluding hydrogens is 685 g/mol. The molecule has 312 valence electrons. The maximum absolute atomic E-state index is 12.6. The number of carbonyl (C=O) groups is 3. The van der Waals surface area contributed by atoms with Crippen molar-refractivity contribution >= 4 is 17.9 Å². The van der Waals surface area contributed by atoms with Gasteiger partial charge in [-0.3, -0.25) is 14.4 Å². The van der Waals surface area contributed by atoms with Crippen LogP contribution in [0.5, 0.6) is 0 Å². The van der Waals surface area contributed by atoms with Crippen molar-refractivity contribution in [1.82, 2.24) is 0 Å². The quantitative estimate of drug-likeness (QED) is 0.0270. The molecule has 0 spiro atoms. The van der Waals surface area contributed by atoms with Crippen molar-refractivity contribution in [2.45, 2.75) is 194 Å². The molecule has 0 fully saturated rings. The molecule has 1 atom stereocenters. The van der Waals surface area contributed by atoms with Crippen LogP contribution >= 0.6 is 0 Å². The molecule has 6 nitrogen and oxygen atoms in total. The Balaban J connectivity index is 4.45. The molecule has 0 aromatic rings. The molecule has 0 aromatic heterocycles. The Kier molecular flexibility index (Phi) is 40.6. The molecule has 0 radical (unpaired) electrons. The Morgan fingerprint density at radius 2 is 0.800 bits per heavy atom. The predicted octanol–water partition coefficient (Wildman–Crippen LogP) is 14.1. The molecule has 0 amide bonds. The van der Waals surface area contributed by atoms with E-state index in [1.165, 1.54) is 77.0 Å². The Morgan fingerprint density at radius 3 is 1.35 bits per heavy atom. The summed E-state index contributed by atoms with van der Waals surface area (Å²) in [6.07, 6.45) is 54.7. The fourth-order valence-electron chi connectivity index (χ4n) is 5.64. The topological polar surface area (TPSA) is 78.9 Å². The lowest BCUT2D eigenvalue weighted by atomic mass is 10.1. The zero-order chi connectivity index (χ0) is 40.1.